The molecule has 620 valence electrons. The average molecular weight is 1690 g/mol. The van der Waals surface area contributed by atoms with E-state index in [0.29, 0.717) is 12.8 Å². The molecule has 9 N–H and O–H groups in total. The minimum absolute atomic E-state index is 0.105. The molecule has 0 atom stereocenters. The van der Waals surface area contributed by atoms with Gasteiger partial charge in [-0.05, 0) is 283 Å². The number of carboxylic acid groups (broad SMARTS) is 2. The summed E-state index contributed by atoms with van der Waals surface area (Å²) in [7, 11) is 5.07. The summed E-state index contributed by atoms with van der Waals surface area (Å²) in [5, 5.41) is 87.3. The lowest BCUT2D eigenvalue weighted by molar-refractivity contribution is -0.134. The highest BCUT2D eigenvalue weighted by Gasteiger charge is 2.38. The van der Waals surface area contributed by atoms with Crippen molar-refractivity contribution in [2.75, 3.05) is 160 Å². The SMILES string of the molecule is CC(O)(CCCSC1CCCCC1)CCCSC1CCCCC1.CC(O)(CCCSCC(=O)O)CCCSCC(=O)O.CC(O)(CCCSCCO)CCCSCCO.CO[Si](CCCSCCCC(C)(O)CCCSCCC[Si](OC)(OC)OC)(OC)OC.CSCCCC(C)(O)CCCSC. The maximum Gasteiger partial charge on any atom is 0.500 e. The Kier molecular flexibility index (Phi) is 76.6. The van der Waals surface area contributed by atoms with Crippen molar-refractivity contribution in [3.05, 3.63) is 0 Å². The molecule has 29 heteroatoms. The molecule has 0 aliphatic heterocycles. The Hall–Kier alpha value is 2.35. The summed E-state index contributed by atoms with van der Waals surface area (Å²) in [4.78, 5) is 20.6. The molecule has 0 saturated heterocycles. The van der Waals surface area contributed by atoms with Gasteiger partial charge in [0.25, 0.3) is 0 Å². The first-order valence-electron chi connectivity index (χ1n) is 38.3. The first-order valence-corrected chi connectivity index (χ1v) is 53.9. The van der Waals surface area contributed by atoms with Crippen LogP contribution in [-0.2, 0) is 36.1 Å². The van der Waals surface area contributed by atoms with E-state index in [4.69, 9.17) is 47.0 Å². The van der Waals surface area contributed by atoms with Crippen LogP contribution in [0.15, 0.2) is 0 Å². The van der Waals surface area contributed by atoms with Gasteiger partial charge in [0.1, 0.15) is 0 Å². The third-order valence-electron chi connectivity index (χ3n) is 18.0. The monoisotopic (exact) mass is 1690 g/mol. The molecule has 0 aromatic heterocycles. The van der Waals surface area contributed by atoms with E-state index in [1.165, 1.54) is 124 Å². The number of aliphatic hydroxyl groups is 7. The first kappa shape index (κ1) is 110. The fraction of sp³-hybridized carbons (Fsp3) is 0.973. The number of aliphatic carboxylic acids is 2. The normalized spacial score (nSPS) is 14.4. The van der Waals surface area contributed by atoms with Crippen molar-refractivity contribution in [1.29, 1.82) is 0 Å². The summed E-state index contributed by atoms with van der Waals surface area (Å²) in [6.07, 6.45) is 39.4. The van der Waals surface area contributed by atoms with Crippen LogP contribution >= 0.6 is 118 Å². The molecule has 17 nitrogen and oxygen atoms in total. The number of hydrogen-bond acceptors (Lipinski definition) is 25. The zero-order valence-corrected chi connectivity index (χ0v) is 77.0. The summed E-state index contributed by atoms with van der Waals surface area (Å²) in [5.74, 6) is 12.7. The van der Waals surface area contributed by atoms with Crippen LogP contribution in [0.1, 0.15) is 240 Å². The van der Waals surface area contributed by atoms with E-state index in [0.717, 1.165) is 196 Å². The Morgan fingerprint density at radius 3 is 0.767 bits per heavy atom. The fourth-order valence-corrected chi connectivity index (χ4v) is 23.7. The number of aliphatic hydroxyl groups excluding tert-OH is 2. The van der Waals surface area contributed by atoms with Gasteiger partial charge in [0.2, 0.25) is 0 Å². The maximum absolute atomic E-state index is 10.6. The highest BCUT2D eigenvalue weighted by molar-refractivity contribution is 8.01. The van der Waals surface area contributed by atoms with E-state index in [1.807, 2.05) is 67.8 Å². The molecule has 0 radical (unpaired) electrons. The van der Waals surface area contributed by atoms with E-state index < -0.39 is 57.6 Å². The van der Waals surface area contributed by atoms with Crippen LogP contribution in [0.2, 0.25) is 12.1 Å². The second-order valence-electron chi connectivity index (χ2n) is 28.4. The van der Waals surface area contributed by atoms with Gasteiger partial charge in [0, 0.05) is 76.8 Å². The zero-order valence-electron chi connectivity index (χ0n) is 66.8. The molecular formula is C74H154O17S10Si2. The van der Waals surface area contributed by atoms with Crippen molar-refractivity contribution < 1.29 is 82.1 Å². The first-order chi connectivity index (χ1) is 49.0. The van der Waals surface area contributed by atoms with Gasteiger partial charge in [-0.2, -0.15) is 118 Å². The number of rotatable bonds is 64. The molecule has 2 rings (SSSR count). The molecule has 0 bridgehead atoms. The third kappa shape index (κ3) is 73.0. The van der Waals surface area contributed by atoms with Crippen molar-refractivity contribution in [2.24, 2.45) is 0 Å². The minimum atomic E-state index is -2.43. The summed E-state index contributed by atoms with van der Waals surface area (Å²) < 4.78 is 32.7. The van der Waals surface area contributed by atoms with Crippen LogP contribution in [0.25, 0.3) is 0 Å². The Morgan fingerprint density at radius 1 is 0.330 bits per heavy atom. The van der Waals surface area contributed by atoms with Crippen molar-refractivity contribution >= 4 is 147 Å². The fourth-order valence-electron chi connectivity index (χ4n) is 11.8. The summed E-state index contributed by atoms with van der Waals surface area (Å²) in [5.41, 5.74) is -2.73. The van der Waals surface area contributed by atoms with Gasteiger partial charge in [-0.15, -0.1) is 0 Å². The molecule has 2 saturated carbocycles. The molecule has 2 fully saturated rings. The topological polar surface area (TPSA) is 272 Å². The van der Waals surface area contributed by atoms with Gasteiger partial charge in [-0.3, -0.25) is 9.59 Å². The molecule has 0 amide bonds. The molecule has 0 aromatic carbocycles. The van der Waals surface area contributed by atoms with E-state index >= 15 is 0 Å². The van der Waals surface area contributed by atoms with E-state index in [1.54, 1.807) is 73.1 Å². The van der Waals surface area contributed by atoms with Crippen LogP contribution in [-0.4, -0.2) is 274 Å². The molecule has 0 heterocycles. The quantitative estimate of drug-likeness (QED) is 0.0202. The number of hydrogen-bond donors (Lipinski definition) is 9. The lowest BCUT2D eigenvalue weighted by atomic mass is 9.95. The van der Waals surface area contributed by atoms with Gasteiger partial charge in [0.15, 0.2) is 0 Å². The Bertz CT molecular complexity index is 1730. The molecule has 103 heavy (non-hydrogen) atoms. The van der Waals surface area contributed by atoms with Crippen LogP contribution in [0.3, 0.4) is 0 Å². The molecule has 2 aliphatic rings. The van der Waals surface area contributed by atoms with E-state index in [2.05, 4.69) is 43.0 Å². The molecule has 2 aliphatic carbocycles. The Morgan fingerprint density at radius 2 is 0.544 bits per heavy atom. The van der Waals surface area contributed by atoms with E-state index in [-0.39, 0.29) is 24.7 Å². The summed E-state index contributed by atoms with van der Waals surface area (Å²) >= 11 is 18.1. The predicted octanol–water partition coefficient (Wildman–Crippen LogP) is 17.4. The number of carbonyl (C=O) groups is 2. The number of carboxylic acids is 2. The van der Waals surface area contributed by atoms with E-state index in [9.17, 15) is 35.1 Å². The number of thioether (sulfide) groups is 10. The molecular weight excluding hydrogens is 1540 g/mol. The largest absolute Gasteiger partial charge is 0.500 e. The molecule has 0 aromatic rings. The Balaban J connectivity index is -0.00000125. The molecule has 0 spiro atoms. The standard InChI is InChI=1S/C20H46O7S2Si2.C20H38OS2.C12H22O5S2.C12H26O3S2.C10H22OS2/c1-20(21,12-8-14-28-16-10-18-30(22-2,23-3)24-4)13-9-15-29-17-11-19-31(25-5,26-6)27-7;1-20(21,14-8-16-22-18-10-4-2-5-11-18)15-9-17-23-19-12-6-3-7-13-19;1-12(17,4-2-6-18-8-10(13)14)5-3-7-19-9-11(15)16;1-12(15,4-2-8-16-10-6-13)5-3-9-17-11-7-14;1-10(11,6-4-8-12-2)7-5-9-13-3/h21H,8-19H2,1-7H3;18-19,21H,2-17H2,1H3;17H,2-9H2,1H3,(H,13,14)(H,15,16);13-15H,2-11H2,1H3;11H,4-9H2,1-3H3. The lowest BCUT2D eigenvalue weighted by Gasteiger charge is -2.25. The van der Waals surface area contributed by atoms with Crippen LogP contribution in [0, 0.1) is 0 Å². The van der Waals surface area contributed by atoms with Crippen molar-refractivity contribution in [3.8, 4) is 0 Å². The third-order valence-corrected chi connectivity index (χ3v) is 34.5. The van der Waals surface area contributed by atoms with Gasteiger partial charge < -0.3 is 72.5 Å². The highest BCUT2D eigenvalue weighted by atomic mass is 32.2. The van der Waals surface area contributed by atoms with Gasteiger partial charge in [-0.25, -0.2) is 0 Å². The lowest BCUT2D eigenvalue weighted by Crippen LogP contribution is -2.42. The van der Waals surface area contributed by atoms with Crippen molar-refractivity contribution in [3.63, 3.8) is 0 Å². The average Bonchev–Trinajstić information content (AvgIpc) is 0.912. The van der Waals surface area contributed by atoms with Gasteiger partial charge >= 0.3 is 29.5 Å². The zero-order chi connectivity index (χ0) is 77.9. The van der Waals surface area contributed by atoms with Crippen LogP contribution in [0.4, 0.5) is 0 Å². The minimum Gasteiger partial charge on any atom is -0.481 e. The second-order valence-corrected chi connectivity index (χ2v) is 46.4. The van der Waals surface area contributed by atoms with Crippen LogP contribution < -0.4 is 0 Å². The predicted molar refractivity (Wildman–Crippen MR) is 467 cm³/mol. The van der Waals surface area contributed by atoms with Crippen LogP contribution in [0.5, 0.6) is 0 Å². The second kappa shape index (κ2) is 72.1. The molecule has 0 unspecified atom stereocenters. The maximum atomic E-state index is 10.6. The highest BCUT2D eigenvalue weighted by Crippen LogP contribution is 2.33. The van der Waals surface area contributed by atoms with Crippen molar-refractivity contribution in [2.45, 2.75) is 291 Å². The van der Waals surface area contributed by atoms with Gasteiger partial charge in [-0.1, -0.05) is 38.5 Å². The Labute approximate surface area is 674 Å². The smallest absolute Gasteiger partial charge is 0.481 e. The van der Waals surface area contributed by atoms with Gasteiger partial charge in [0.05, 0.1) is 52.7 Å². The van der Waals surface area contributed by atoms with Crippen molar-refractivity contribution in [1.82, 2.24) is 0 Å². The summed E-state index contributed by atoms with van der Waals surface area (Å²) in [6.45, 7) is 10.1. The summed E-state index contributed by atoms with van der Waals surface area (Å²) in [6, 6.07) is 1.68.